The SMILES string of the molecule is NC(=O)C1CCCC(NC(=O)C2(O)CC2)C1. The molecule has 2 rings (SSSR count). The van der Waals surface area contributed by atoms with Crippen LogP contribution < -0.4 is 11.1 Å². The van der Waals surface area contributed by atoms with Gasteiger partial charge in [-0.15, -0.1) is 0 Å². The highest BCUT2D eigenvalue weighted by atomic mass is 16.3. The number of carbonyl (C=O) groups excluding carboxylic acids is 2. The molecule has 5 heteroatoms. The molecule has 0 bridgehead atoms. The van der Waals surface area contributed by atoms with E-state index >= 15 is 0 Å². The lowest BCUT2D eigenvalue weighted by Crippen LogP contribution is -2.46. The van der Waals surface area contributed by atoms with Crippen LogP contribution in [0.5, 0.6) is 0 Å². The van der Waals surface area contributed by atoms with Gasteiger partial charge < -0.3 is 16.2 Å². The standard InChI is InChI=1S/C11H18N2O3/c12-9(14)7-2-1-3-8(6-7)13-10(15)11(16)4-5-11/h7-8,16H,1-6H2,(H2,12,14)(H,13,15). The minimum absolute atomic E-state index is 0.0108. The summed E-state index contributed by atoms with van der Waals surface area (Å²) < 4.78 is 0. The molecule has 5 nitrogen and oxygen atoms in total. The molecule has 0 aromatic rings. The van der Waals surface area contributed by atoms with Crippen LogP contribution >= 0.6 is 0 Å². The number of amides is 2. The number of nitrogens with one attached hydrogen (secondary N) is 1. The van der Waals surface area contributed by atoms with Crippen LogP contribution in [-0.2, 0) is 9.59 Å². The monoisotopic (exact) mass is 226 g/mol. The third-order valence-electron chi connectivity index (χ3n) is 3.56. The summed E-state index contributed by atoms with van der Waals surface area (Å²) in [5.74, 6) is -0.709. The van der Waals surface area contributed by atoms with Gasteiger partial charge in [0.25, 0.3) is 5.91 Å². The highest BCUT2D eigenvalue weighted by Gasteiger charge is 2.48. The molecule has 0 aliphatic heterocycles. The number of primary amides is 1. The van der Waals surface area contributed by atoms with Gasteiger partial charge in [-0.25, -0.2) is 0 Å². The lowest BCUT2D eigenvalue weighted by atomic mass is 9.85. The average Bonchev–Trinajstić information content (AvgIpc) is 2.98. The van der Waals surface area contributed by atoms with Crippen molar-refractivity contribution in [1.82, 2.24) is 5.32 Å². The van der Waals surface area contributed by atoms with E-state index in [9.17, 15) is 14.7 Å². The molecule has 16 heavy (non-hydrogen) atoms. The first-order valence-electron chi connectivity index (χ1n) is 5.84. The Kier molecular flexibility index (Phi) is 2.88. The molecule has 0 aromatic carbocycles. The maximum Gasteiger partial charge on any atom is 0.252 e. The van der Waals surface area contributed by atoms with Gasteiger partial charge in [-0.05, 0) is 32.1 Å². The molecule has 2 atom stereocenters. The van der Waals surface area contributed by atoms with E-state index in [2.05, 4.69) is 5.32 Å². The van der Waals surface area contributed by atoms with Crippen molar-refractivity contribution >= 4 is 11.8 Å². The van der Waals surface area contributed by atoms with Crippen molar-refractivity contribution in [3.05, 3.63) is 0 Å². The zero-order valence-corrected chi connectivity index (χ0v) is 9.24. The lowest BCUT2D eigenvalue weighted by molar-refractivity contribution is -0.133. The van der Waals surface area contributed by atoms with Gasteiger partial charge in [-0.1, -0.05) is 6.42 Å². The summed E-state index contributed by atoms with van der Waals surface area (Å²) >= 11 is 0. The summed E-state index contributed by atoms with van der Waals surface area (Å²) in [5, 5.41) is 12.4. The summed E-state index contributed by atoms with van der Waals surface area (Å²) in [6.07, 6.45) is 4.28. The summed E-state index contributed by atoms with van der Waals surface area (Å²) in [7, 11) is 0. The smallest absolute Gasteiger partial charge is 0.252 e. The zero-order valence-electron chi connectivity index (χ0n) is 9.24. The predicted octanol–water partition coefficient (Wildman–Crippen LogP) is -0.328. The maximum absolute atomic E-state index is 11.6. The molecule has 2 saturated carbocycles. The largest absolute Gasteiger partial charge is 0.380 e. The molecule has 0 saturated heterocycles. The van der Waals surface area contributed by atoms with Crippen molar-refractivity contribution in [2.75, 3.05) is 0 Å². The Morgan fingerprint density at radius 3 is 2.56 bits per heavy atom. The first-order valence-corrected chi connectivity index (χ1v) is 5.84. The maximum atomic E-state index is 11.6. The van der Waals surface area contributed by atoms with Gasteiger partial charge in [0.2, 0.25) is 5.91 Å². The fourth-order valence-electron chi connectivity index (χ4n) is 2.24. The quantitative estimate of drug-likeness (QED) is 0.615. The molecule has 0 heterocycles. The van der Waals surface area contributed by atoms with Crippen LogP contribution in [-0.4, -0.2) is 28.6 Å². The molecule has 0 aromatic heterocycles. The van der Waals surface area contributed by atoms with Gasteiger partial charge >= 0.3 is 0 Å². The second kappa shape index (κ2) is 4.05. The van der Waals surface area contributed by atoms with Crippen molar-refractivity contribution in [1.29, 1.82) is 0 Å². The van der Waals surface area contributed by atoms with Crippen LogP contribution in [0.25, 0.3) is 0 Å². The molecule has 0 spiro atoms. The summed E-state index contributed by atoms with van der Waals surface area (Å²) in [4.78, 5) is 22.6. The highest BCUT2D eigenvalue weighted by molar-refractivity contribution is 5.88. The number of carbonyl (C=O) groups is 2. The van der Waals surface area contributed by atoms with Gasteiger partial charge in [-0.3, -0.25) is 9.59 Å². The van der Waals surface area contributed by atoms with Crippen LogP contribution in [0.4, 0.5) is 0 Å². The van der Waals surface area contributed by atoms with Crippen molar-refractivity contribution < 1.29 is 14.7 Å². The number of hydrogen-bond donors (Lipinski definition) is 3. The van der Waals surface area contributed by atoms with Crippen LogP contribution in [0.1, 0.15) is 38.5 Å². The topological polar surface area (TPSA) is 92.4 Å². The number of aliphatic hydroxyl groups is 1. The summed E-state index contributed by atoms with van der Waals surface area (Å²) in [5.41, 5.74) is 4.13. The third-order valence-corrected chi connectivity index (χ3v) is 3.56. The minimum Gasteiger partial charge on any atom is -0.380 e. The van der Waals surface area contributed by atoms with E-state index in [0.717, 1.165) is 19.3 Å². The molecule has 2 fully saturated rings. The molecule has 2 unspecified atom stereocenters. The number of rotatable bonds is 3. The molecule has 0 radical (unpaired) electrons. The van der Waals surface area contributed by atoms with E-state index in [1.54, 1.807) is 0 Å². The van der Waals surface area contributed by atoms with Crippen molar-refractivity contribution in [2.24, 2.45) is 11.7 Å². The Bertz CT molecular complexity index is 312. The number of nitrogens with two attached hydrogens (primary N) is 1. The first-order chi connectivity index (χ1) is 7.51. The highest BCUT2D eigenvalue weighted by Crippen LogP contribution is 2.35. The van der Waals surface area contributed by atoms with E-state index in [1.807, 2.05) is 0 Å². The summed E-state index contributed by atoms with van der Waals surface area (Å²) in [6, 6.07) is -0.0108. The second-order valence-electron chi connectivity index (χ2n) is 4.97. The van der Waals surface area contributed by atoms with Crippen LogP contribution in [0.2, 0.25) is 0 Å². The lowest BCUT2D eigenvalue weighted by Gasteiger charge is -2.28. The average molecular weight is 226 g/mol. The van der Waals surface area contributed by atoms with E-state index < -0.39 is 5.60 Å². The molecular weight excluding hydrogens is 208 g/mol. The first kappa shape index (κ1) is 11.4. The van der Waals surface area contributed by atoms with Gasteiger partial charge in [0.15, 0.2) is 0 Å². The molecule has 4 N–H and O–H groups in total. The fourth-order valence-corrected chi connectivity index (χ4v) is 2.24. The molecule has 2 aliphatic rings. The Morgan fingerprint density at radius 1 is 1.31 bits per heavy atom. The van der Waals surface area contributed by atoms with Gasteiger partial charge in [-0.2, -0.15) is 0 Å². The van der Waals surface area contributed by atoms with Gasteiger partial charge in [0, 0.05) is 12.0 Å². The van der Waals surface area contributed by atoms with Crippen molar-refractivity contribution in [2.45, 2.75) is 50.2 Å². The minimum atomic E-state index is -1.13. The molecule has 90 valence electrons. The van der Waals surface area contributed by atoms with E-state index in [4.69, 9.17) is 5.73 Å². The van der Waals surface area contributed by atoms with Crippen LogP contribution in [0, 0.1) is 5.92 Å². The van der Waals surface area contributed by atoms with Crippen LogP contribution in [0.3, 0.4) is 0 Å². The van der Waals surface area contributed by atoms with E-state index in [-0.39, 0.29) is 23.8 Å². The normalized spacial score (nSPS) is 31.8. The Balaban J connectivity index is 1.85. The molecule has 2 amide bonds. The third kappa shape index (κ3) is 2.35. The van der Waals surface area contributed by atoms with Gasteiger partial charge in [0.05, 0.1) is 0 Å². The van der Waals surface area contributed by atoms with E-state index in [0.29, 0.717) is 19.3 Å². The number of hydrogen-bond acceptors (Lipinski definition) is 3. The fraction of sp³-hybridized carbons (Fsp3) is 0.818. The molecule has 2 aliphatic carbocycles. The van der Waals surface area contributed by atoms with E-state index in [1.165, 1.54) is 0 Å². The van der Waals surface area contributed by atoms with Gasteiger partial charge in [0.1, 0.15) is 5.60 Å². The van der Waals surface area contributed by atoms with Crippen molar-refractivity contribution in [3.63, 3.8) is 0 Å². The van der Waals surface area contributed by atoms with Crippen molar-refractivity contribution in [3.8, 4) is 0 Å². The summed E-state index contributed by atoms with van der Waals surface area (Å²) in [6.45, 7) is 0. The van der Waals surface area contributed by atoms with Crippen LogP contribution in [0.15, 0.2) is 0 Å². The predicted molar refractivity (Wildman–Crippen MR) is 57.3 cm³/mol. The second-order valence-corrected chi connectivity index (χ2v) is 4.97. The Labute approximate surface area is 94.4 Å². The Morgan fingerprint density at radius 2 is 2.00 bits per heavy atom. The Hall–Kier alpha value is -1.10. The molecular formula is C11H18N2O3. The zero-order chi connectivity index (χ0) is 11.8.